The Balaban J connectivity index is 2.06. The molecule has 1 aliphatic heterocycles. The van der Waals surface area contributed by atoms with Crippen molar-refractivity contribution in [1.82, 2.24) is 9.62 Å². The number of nitrogens with one attached hydrogen (secondary N) is 1. The summed E-state index contributed by atoms with van der Waals surface area (Å²) in [5, 5.41) is 10.8. The number of amides is 1. The van der Waals surface area contributed by atoms with Gasteiger partial charge in [0.15, 0.2) is 0 Å². The van der Waals surface area contributed by atoms with E-state index in [1.54, 1.807) is 17.0 Å². The fourth-order valence-electron chi connectivity index (χ4n) is 2.76. The first-order valence-corrected chi connectivity index (χ1v) is 9.83. The Kier molecular flexibility index (Phi) is 6.27. The third-order valence-corrected chi connectivity index (χ3v) is 4.68. The molecule has 136 valence electrons. The molecule has 1 N–H and O–H groups in total. The summed E-state index contributed by atoms with van der Waals surface area (Å²) in [5.74, 6) is -0.230. The lowest BCUT2D eigenvalue weighted by molar-refractivity contribution is -0.384. The fraction of sp³-hybridized carbons (Fsp3) is 0.438. The highest BCUT2D eigenvalue weighted by atomic mass is 32.2. The van der Waals surface area contributed by atoms with Gasteiger partial charge in [-0.25, -0.2) is 13.1 Å². The number of sulfonamides is 1. The van der Waals surface area contributed by atoms with Crippen molar-refractivity contribution in [2.75, 3.05) is 19.3 Å². The van der Waals surface area contributed by atoms with Crippen molar-refractivity contribution in [1.29, 1.82) is 0 Å². The minimum Gasteiger partial charge on any atom is -0.335 e. The Morgan fingerprint density at radius 2 is 2.20 bits per heavy atom. The molecule has 1 unspecified atom stereocenters. The summed E-state index contributed by atoms with van der Waals surface area (Å²) in [4.78, 5) is 24.4. The molecule has 0 saturated carbocycles. The van der Waals surface area contributed by atoms with Gasteiger partial charge in [-0.2, -0.15) is 0 Å². The van der Waals surface area contributed by atoms with Crippen LogP contribution in [0.15, 0.2) is 30.3 Å². The lowest BCUT2D eigenvalue weighted by atomic mass is 10.0. The number of nitrogens with zero attached hydrogens (tertiary/aromatic N) is 2. The number of carbonyl (C=O) groups is 1. The smallest absolute Gasteiger partial charge is 0.270 e. The number of non-ortho nitro benzene ring substituents is 1. The van der Waals surface area contributed by atoms with Crippen molar-refractivity contribution in [3.8, 4) is 0 Å². The monoisotopic (exact) mass is 367 g/mol. The van der Waals surface area contributed by atoms with Crippen LogP contribution < -0.4 is 4.72 Å². The largest absolute Gasteiger partial charge is 0.335 e. The maximum Gasteiger partial charge on any atom is 0.270 e. The molecule has 1 aromatic rings. The van der Waals surface area contributed by atoms with E-state index < -0.39 is 14.9 Å². The predicted octanol–water partition coefficient (Wildman–Crippen LogP) is 1.54. The summed E-state index contributed by atoms with van der Waals surface area (Å²) in [6, 6.07) is 5.82. The van der Waals surface area contributed by atoms with Crippen molar-refractivity contribution >= 4 is 27.7 Å². The molecule has 0 radical (unpaired) electrons. The Labute approximate surface area is 146 Å². The number of carbonyl (C=O) groups excluding carboxylic acids is 1. The zero-order valence-corrected chi connectivity index (χ0v) is 14.7. The van der Waals surface area contributed by atoms with Crippen LogP contribution in [0.3, 0.4) is 0 Å². The van der Waals surface area contributed by atoms with Gasteiger partial charge in [-0.05, 0) is 30.9 Å². The molecule has 0 spiro atoms. The third kappa shape index (κ3) is 5.95. The highest BCUT2D eigenvalue weighted by Gasteiger charge is 2.25. The van der Waals surface area contributed by atoms with Gasteiger partial charge < -0.3 is 4.90 Å². The number of nitro groups is 1. The molecule has 1 saturated heterocycles. The normalized spacial score (nSPS) is 18.4. The van der Waals surface area contributed by atoms with Gasteiger partial charge in [-0.3, -0.25) is 14.9 Å². The van der Waals surface area contributed by atoms with Crippen LogP contribution in [0.1, 0.15) is 24.8 Å². The van der Waals surface area contributed by atoms with E-state index in [9.17, 15) is 23.3 Å². The van der Waals surface area contributed by atoms with Crippen LogP contribution in [0.2, 0.25) is 0 Å². The summed E-state index contributed by atoms with van der Waals surface area (Å²) in [6.07, 6.45) is 6.53. The standard InChI is InChI=1S/C16H21N3O5S/c1-25(23,24)17-12-15-6-2-3-10-18(15)16(20)9-8-13-5-4-7-14(11-13)19(21)22/h4-5,7-9,11,15,17H,2-3,6,10,12H2,1H3/b9-8+. The van der Waals surface area contributed by atoms with Gasteiger partial charge in [0.05, 0.1) is 11.2 Å². The molecule has 25 heavy (non-hydrogen) atoms. The molecule has 1 fully saturated rings. The first-order valence-electron chi connectivity index (χ1n) is 7.94. The van der Waals surface area contributed by atoms with E-state index in [-0.39, 0.29) is 24.2 Å². The van der Waals surface area contributed by atoms with Gasteiger partial charge in [-0.1, -0.05) is 12.1 Å². The Morgan fingerprint density at radius 3 is 2.88 bits per heavy atom. The van der Waals surface area contributed by atoms with E-state index in [1.807, 2.05) is 0 Å². The van der Waals surface area contributed by atoms with Crippen LogP contribution in [0.5, 0.6) is 0 Å². The van der Waals surface area contributed by atoms with Crippen molar-refractivity contribution in [2.24, 2.45) is 0 Å². The zero-order chi connectivity index (χ0) is 18.4. The lowest BCUT2D eigenvalue weighted by Crippen LogP contribution is -2.48. The minimum atomic E-state index is -3.31. The quantitative estimate of drug-likeness (QED) is 0.466. The van der Waals surface area contributed by atoms with Crippen molar-refractivity contribution in [3.63, 3.8) is 0 Å². The first kappa shape index (κ1) is 19.1. The second-order valence-electron chi connectivity index (χ2n) is 5.99. The summed E-state index contributed by atoms with van der Waals surface area (Å²) in [5.41, 5.74) is 0.521. The van der Waals surface area contributed by atoms with Crippen LogP contribution >= 0.6 is 0 Å². The van der Waals surface area contributed by atoms with Gasteiger partial charge in [0.25, 0.3) is 5.69 Å². The number of hydrogen-bond acceptors (Lipinski definition) is 5. The van der Waals surface area contributed by atoms with E-state index in [0.29, 0.717) is 12.1 Å². The van der Waals surface area contributed by atoms with Gasteiger partial charge >= 0.3 is 0 Å². The molecule has 1 aromatic carbocycles. The number of benzene rings is 1. The van der Waals surface area contributed by atoms with Crippen molar-refractivity contribution in [2.45, 2.75) is 25.3 Å². The van der Waals surface area contributed by atoms with Crippen LogP contribution in [-0.2, 0) is 14.8 Å². The maximum atomic E-state index is 12.5. The molecule has 2 rings (SSSR count). The van der Waals surface area contributed by atoms with Gasteiger partial charge in [0, 0.05) is 37.3 Å². The highest BCUT2D eigenvalue weighted by molar-refractivity contribution is 7.88. The topological polar surface area (TPSA) is 110 Å². The molecule has 0 aliphatic carbocycles. The van der Waals surface area contributed by atoms with Crippen molar-refractivity contribution < 1.29 is 18.1 Å². The molecule has 8 nitrogen and oxygen atoms in total. The van der Waals surface area contributed by atoms with Crippen molar-refractivity contribution in [3.05, 3.63) is 46.0 Å². The summed E-state index contributed by atoms with van der Waals surface area (Å²) in [6.45, 7) is 0.753. The third-order valence-electron chi connectivity index (χ3n) is 3.99. The van der Waals surface area contributed by atoms with E-state index in [1.165, 1.54) is 24.3 Å². The van der Waals surface area contributed by atoms with Crippen LogP contribution in [0.25, 0.3) is 6.08 Å². The average molecular weight is 367 g/mol. The summed E-state index contributed by atoms with van der Waals surface area (Å²) in [7, 11) is -3.31. The molecular weight excluding hydrogens is 346 g/mol. The second kappa shape index (κ2) is 8.21. The van der Waals surface area contributed by atoms with E-state index >= 15 is 0 Å². The number of likely N-dealkylation sites (tertiary alicyclic amines) is 1. The average Bonchev–Trinajstić information content (AvgIpc) is 2.57. The van der Waals surface area contributed by atoms with E-state index in [2.05, 4.69) is 4.72 Å². The maximum absolute atomic E-state index is 12.5. The molecule has 1 atom stereocenters. The second-order valence-corrected chi connectivity index (χ2v) is 7.82. The van der Waals surface area contributed by atoms with Crippen LogP contribution in [0, 0.1) is 10.1 Å². The number of hydrogen-bond donors (Lipinski definition) is 1. The first-order chi connectivity index (χ1) is 11.8. The zero-order valence-electron chi connectivity index (χ0n) is 13.9. The fourth-order valence-corrected chi connectivity index (χ4v) is 3.25. The molecule has 9 heteroatoms. The summed E-state index contributed by atoms with van der Waals surface area (Å²) >= 11 is 0. The molecule has 1 amide bonds. The molecule has 1 aliphatic rings. The van der Waals surface area contributed by atoms with Crippen LogP contribution in [0.4, 0.5) is 5.69 Å². The number of nitro benzene ring substituents is 1. The Hall–Kier alpha value is -2.26. The predicted molar refractivity (Wildman–Crippen MR) is 94.3 cm³/mol. The SMILES string of the molecule is CS(=O)(=O)NCC1CCCCN1C(=O)/C=C/c1cccc([N+](=O)[O-])c1. The minimum absolute atomic E-state index is 0.0391. The van der Waals surface area contributed by atoms with Gasteiger partial charge in [-0.15, -0.1) is 0 Å². The van der Waals surface area contributed by atoms with Gasteiger partial charge in [0.2, 0.25) is 15.9 Å². The number of piperidine rings is 1. The Bertz CT molecular complexity index is 776. The highest BCUT2D eigenvalue weighted by Crippen LogP contribution is 2.18. The van der Waals surface area contributed by atoms with E-state index in [4.69, 9.17) is 0 Å². The summed E-state index contributed by atoms with van der Waals surface area (Å²) < 4.78 is 25.0. The lowest BCUT2D eigenvalue weighted by Gasteiger charge is -2.35. The van der Waals surface area contributed by atoms with Crippen LogP contribution in [-0.4, -0.2) is 49.5 Å². The molecule has 0 aromatic heterocycles. The van der Waals surface area contributed by atoms with Gasteiger partial charge in [0.1, 0.15) is 0 Å². The Morgan fingerprint density at radius 1 is 1.44 bits per heavy atom. The van der Waals surface area contributed by atoms with E-state index in [0.717, 1.165) is 25.5 Å². The molecule has 0 bridgehead atoms. The molecule has 1 heterocycles. The molecular formula is C16H21N3O5S. The number of rotatable bonds is 6.